The Labute approximate surface area is 223 Å². The van der Waals surface area contributed by atoms with Crippen LogP contribution in [0.5, 0.6) is 11.5 Å². The van der Waals surface area contributed by atoms with E-state index in [-0.39, 0.29) is 24.2 Å². The van der Waals surface area contributed by atoms with E-state index in [2.05, 4.69) is 10.6 Å². The van der Waals surface area contributed by atoms with Crippen molar-refractivity contribution in [3.8, 4) is 11.5 Å². The fourth-order valence-electron chi connectivity index (χ4n) is 4.99. The molecule has 4 unspecified atom stereocenters. The summed E-state index contributed by atoms with van der Waals surface area (Å²) in [7, 11) is 1.56. The molecule has 0 aromatic heterocycles. The number of amides is 3. The predicted octanol–water partition coefficient (Wildman–Crippen LogP) is 2.24. The van der Waals surface area contributed by atoms with E-state index in [0.717, 1.165) is 5.56 Å². The average molecular weight is 521 g/mol. The Bertz CT molecular complexity index is 1180. The lowest BCUT2D eigenvalue weighted by molar-refractivity contribution is -0.142. The smallest absolute Gasteiger partial charge is 0.247 e. The molecule has 1 fully saturated rings. The third kappa shape index (κ3) is 6.34. The second-order valence-electron chi connectivity index (χ2n) is 10.2. The van der Waals surface area contributed by atoms with Crippen molar-refractivity contribution in [1.82, 2.24) is 15.5 Å². The molecule has 0 radical (unpaired) electrons. The summed E-state index contributed by atoms with van der Waals surface area (Å²) in [5.41, 5.74) is 7.83. The lowest BCUT2D eigenvalue weighted by atomic mass is 10.0. The van der Waals surface area contributed by atoms with Gasteiger partial charge in [-0.2, -0.15) is 0 Å². The van der Waals surface area contributed by atoms with Crippen molar-refractivity contribution >= 4 is 23.8 Å². The van der Waals surface area contributed by atoms with Crippen molar-refractivity contribution < 1.29 is 23.9 Å². The summed E-state index contributed by atoms with van der Waals surface area (Å²) in [6.07, 6.45) is 3.86. The Kier molecular flexibility index (Phi) is 8.68. The number of rotatable bonds is 6. The summed E-state index contributed by atoms with van der Waals surface area (Å²) in [5, 5.41) is 5.67. The topological polar surface area (TPSA) is 123 Å². The van der Waals surface area contributed by atoms with Crippen LogP contribution in [0.1, 0.15) is 37.8 Å². The van der Waals surface area contributed by atoms with E-state index in [1.165, 1.54) is 11.1 Å². The van der Waals surface area contributed by atoms with Crippen LogP contribution in [0.2, 0.25) is 0 Å². The number of fused-ring (bicyclic) bond motifs is 3. The second-order valence-corrected chi connectivity index (χ2v) is 10.2. The zero-order valence-electron chi connectivity index (χ0n) is 22.1. The van der Waals surface area contributed by atoms with Crippen LogP contribution < -0.4 is 25.8 Å². The minimum atomic E-state index is -0.939. The molecule has 2 aliphatic rings. The molecule has 9 heteroatoms. The first-order valence-corrected chi connectivity index (χ1v) is 13.0. The molecule has 2 aromatic rings. The fourth-order valence-corrected chi connectivity index (χ4v) is 4.99. The van der Waals surface area contributed by atoms with E-state index >= 15 is 0 Å². The summed E-state index contributed by atoms with van der Waals surface area (Å²) in [4.78, 5) is 41.9. The van der Waals surface area contributed by atoms with Gasteiger partial charge in [-0.1, -0.05) is 44.2 Å². The average Bonchev–Trinajstić information content (AvgIpc) is 3.31. The van der Waals surface area contributed by atoms with Gasteiger partial charge in [0.1, 0.15) is 29.7 Å². The quantitative estimate of drug-likeness (QED) is 0.537. The van der Waals surface area contributed by atoms with E-state index < -0.39 is 30.1 Å². The van der Waals surface area contributed by atoms with Crippen molar-refractivity contribution in [1.29, 1.82) is 0 Å². The number of methoxy groups -OCH3 is 1. The predicted molar refractivity (Wildman–Crippen MR) is 144 cm³/mol. The van der Waals surface area contributed by atoms with E-state index in [9.17, 15) is 14.4 Å². The van der Waals surface area contributed by atoms with Crippen molar-refractivity contribution in [3.05, 3.63) is 65.9 Å². The van der Waals surface area contributed by atoms with Gasteiger partial charge in [0.05, 0.1) is 13.2 Å². The highest BCUT2D eigenvalue weighted by Crippen LogP contribution is 2.30. The molecule has 2 aromatic carbocycles. The van der Waals surface area contributed by atoms with Gasteiger partial charge in [0.15, 0.2) is 0 Å². The molecule has 0 saturated carbocycles. The van der Waals surface area contributed by atoms with E-state index in [1.807, 2.05) is 44.2 Å². The maximum absolute atomic E-state index is 13.8. The van der Waals surface area contributed by atoms with Crippen LogP contribution in [0.15, 0.2) is 54.7 Å². The molecule has 4 atom stereocenters. The Balaban J connectivity index is 1.70. The number of carbonyl (C=O) groups excluding carboxylic acids is 3. The van der Waals surface area contributed by atoms with Gasteiger partial charge in [-0.3, -0.25) is 14.4 Å². The van der Waals surface area contributed by atoms with E-state index in [1.54, 1.807) is 31.4 Å². The van der Waals surface area contributed by atoms with Gasteiger partial charge in [0.25, 0.3) is 0 Å². The molecule has 202 valence electrons. The largest absolute Gasteiger partial charge is 0.496 e. The van der Waals surface area contributed by atoms with Gasteiger partial charge in [-0.05, 0) is 42.2 Å². The summed E-state index contributed by atoms with van der Waals surface area (Å²) >= 11 is 0. The first-order valence-electron chi connectivity index (χ1n) is 13.0. The molecule has 4 rings (SSSR count). The van der Waals surface area contributed by atoms with Crippen LogP contribution in [0.3, 0.4) is 0 Å². The van der Waals surface area contributed by atoms with E-state index in [0.29, 0.717) is 36.4 Å². The monoisotopic (exact) mass is 520 g/mol. The maximum atomic E-state index is 13.8. The van der Waals surface area contributed by atoms with Crippen molar-refractivity contribution in [3.63, 3.8) is 0 Å². The van der Waals surface area contributed by atoms with Crippen LogP contribution in [0.25, 0.3) is 6.08 Å². The number of hydrogen-bond acceptors (Lipinski definition) is 6. The van der Waals surface area contributed by atoms with Crippen LogP contribution >= 0.6 is 0 Å². The normalized spacial score (nSPS) is 22.2. The molecule has 1 saturated heterocycles. The van der Waals surface area contributed by atoms with Gasteiger partial charge in [0, 0.05) is 31.1 Å². The molecule has 38 heavy (non-hydrogen) atoms. The summed E-state index contributed by atoms with van der Waals surface area (Å²) in [5.74, 6) is 0.230. The first-order chi connectivity index (χ1) is 18.3. The van der Waals surface area contributed by atoms with Crippen LogP contribution in [0.4, 0.5) is 0 Å². The Morgan fingerprint density at radius 2 is 1.92 bits per heavy atom. The molecule has 2 aliphatic heterocycles. The second kappa shape index (κ2) is 12.1. The molecule has 3 amide bonds. The Morgan fingerprint density at radius 1 is 1.16 bits per heavy atom. The third-order valence-corrected chi connectivity index (χ3v) is 6.83. The number of nitrogens with zero attached hydrogens (tertiary/aromatic N) is 1. The lowest BCUT2D eigenvalue weighted by Crippen LogP contribution is -2.58. The van der Waals surface area contributed by atoms with Gasteiger partial charge in [-0.15, -0.1) is 0 Å². The number of carbonyl (C=O) groups is 3. The number of ether oxygens (including phenoxy) is 2. The first kappa shape index (κ1) is 27.2. The molecule has 4 N–H and O–H groups in total. The van der Waals surface area contributed by atoms with Gasteiger partial charge in [0.2, 0.25) is 17.7 Å². The number of nitrogens with two attached hydrogens (primary N) is 1. The third-order valence-electron chi connectivity index (χ3n) is 6.83. The molecule has 0 spiro atoms. The summed E-state index contributed by atoms with van der Waals surface area (Å²) in [6.45, 7) is 4.32. The minimum absolute atomic E-state index is 0.224. The Morgan fingerprint density at radius 3 is 2.63 bits per heavy atom. The molecular formula is C29H36N4O5. The van der Waals surface area contributed by atoms with Crippen molar-refractivity contribution in [2.24, 2.45) is 11.7 Å². The summed E-state index contributed by atoms with van der Waals surface area (Å²) in [6, 6.07) is 12.2. The van der Waals surface area contributed by atoms with Crippen LogP contribution in [0, 0.1) is 5.92 Å². The molecule has 2 heterocycles. The van der Waals surface area contributed by atoms with Gasteiger partial charge in [-0.25, -0.2) is 0 Å². The molecular weight excluding hydrogens is 484 g/mol. The van der Waals surface area contributed by atoms with E-state index in [4.69, 9.17) is 15.2 Å². The lowest BCUT2D eigenvalue weighted by Gasteiger charge is -2.31. The molecule has 0 aliphatic carbocycles. The van der Waals surface area contributed by atoms with Gasteiger partial charge >= 0.3 is 0 Å². The molecule has 2 bridgehead atoms. The Hall–Kier alpha value is -3.85. The number of likely N-dealkylation sites (tertiary alicyclic amines) is 1. The zero-order valence-corrected chi connectivity index (χ0v) is 22.1. The zero-order chi connectivity index (χ0) is 27.2. The van der Waals surface area contributed by atoms with Crippen molar-refractivity contribution in [2.45, 2.75) is 57.3 Å². The standard InChI is InChI=1S/C29H36N4O5/c1-18(2)15-22(30)29(36)33-14-12-25-26(33)28(35)32-23(16-19-7-5-4-6-8-19)27(34)31-13-11-20-17-21(38-25)9-10-24(20)37-3/h4-11,13,17-18,22-23,25-26H,12,14-16,30H2,1-3H3,(H,31,34)(H,32,35). The SMILES string of the molecule is COc1ccc2cc1C=CNC(=O)C(Cc1ccccc1)NC(=O)C1C(CCN1C(=O)C(N)CC(C)C)O2. The number of hydrogen-bond donors (Lipinski definition) is 3. The number of benzene rings is 2. The minimum Gasteiger partial charge on any atom is -0.496 e. The van der Waals surface area contributed by atoms with Crippen molar-refractivity contribution in [2.75, 3.05) is 13.7 Å². The van der Waals surface area contributed by atoms with Crippen LogP contribution in [-0.4, -0.2) is 60.5 Å². The highest BCUT2D eigenvalue weighted by molar-refractivity contribution is 5.94. The fraction of sp³-hybridized carbons (Fsp3) is 0.414. The molecule has 9 nitrogen and oxygen atoms in total. The number of nitrogens with one attached hydrogen (secondary N) is 2. The maximum Gasteiger partial charge on any atom is 0.247 e. The van der Waals surface area contributed by atoms with Crippen LogP contribution in [-0.2, 0) is 20.8 Å². The highest BCUT2D eigenvalue weighted by atomic mass is 16.5. The highest BCUT2D eigenvalue weighted by Gasteiger charge is 2.45. The van der Waals surface area contributed by atoms with Gasteiger partial charge < -0.3 is 30.7 Å². The summed E-state index contributed by atoms with van der Waals surface area (Å²) < 4.78 is 11.8.